The van der Waals surface area contributed by atoms with Gasteiger partial charge in [-0.15, -0.1) is 0 Å². The number of benzene rings is 2. The van der Waals surface area contributed by atoms with E-state index in [-0.39, 0.29) is 5.82 Å². The summed E-state index contributed by atoms with van der Waals surface area (Å²) < 4.78 is 13.1. The van der Waals surface area contributed by atoms with E-state index in [2.05, 4.69) is 29.2 Å². The zero-order valence-corrected chi connectivity index (χ0v) is 11.5. The molecule has 0 aliphatic carbocycles. The fraction of sp³-hybridized carbons (Fsp3) is 0.294. The topological polar surface area (TPSA) is 29.3 Å². The zero-order valence-electron chi connectivity index (χ0n) is 11.5. The number of aryl methyl sites for hydroxylation is 1. The van der Waals surface area contributed by atoms with Crippen LogP contribution < -0.4 is 10.6 Å². The third-order valence-corrected chi connectivity index (χ3v) is 3.93. The molecule has 0 unspecified atom stereocenters. The van der Waals surface area contributed by atoms with Gasteiger partial charge in [-0.2, -0.15) is 0 Å². The predicted molar refractivity (Wildman–Crippen MR) is 81.2 cm³/mol. The van der Waals surface area contributed by atoms with Crippen molar-refractivity contribution in [3.05, 3.63) is 59.4 Å². The van der Waals surface area contributed by atoms with E-state index in [0.29, 0.717) is 5.69 Å². The van der Waals surface area contributed by atoms with Crippen LogP contribution >= 0.6 is 0 Å². The average Bonchev–Trinajstić information content (AvgIpc) is 2.65. The van der Waals surface area contributed by atoms with Crippen molar-refractivity contribution in [3.63, 3.8) is 0 Å². The fourth-order valence-corrected chi connectivity index (χ4v) is 2.85. The van der Waals surface area contributed by atoms with Crippen LogP contribution in [0.4, 0.5) is 15.8 Å². The van der Waals surface area contributed by atoms with E-state index < -0.39 is 0 Å². The molecule has 1 aliphatic rings. The SMILES string of the molecule is Nc1cc(F)ccc1CN1CCCCc2ccccc21. The van der Waals surface area contributed by atoms with E-state index in [1.165, 1.54) is 36.2 Å². The van der Waals surface area contributed by atoms with Crippen molar-refractivity contribution in [2.24, 2.45) is 0 Å². The van der Waals surface area contributed by atoms with Gasteiger partial charge in [-0.25, -0.2) is 4.39 Å². The van der Waals surface area contributed by atoms with Crippen LogP contribution in [0.5, 0.6) is 0 Å². The van der Waals surface area contributed by atoms with Gasteiger partial charge in [0.1, 0.15) is 5.82 Å². The lowest BCUT2D eigenvalue weighted by atomic mass is 10.1. The molecule has 20 heavy (non-hydrogen) atoms. The Morgan fingerprint density at radius 3 is 2.80 bits per heavy atom. The first-order chi connectivity index (χ1) is 9.74. The molecule has 0 spiro atoms. The van der Waals surface area contributed by atoms with Crippen molar-refractivity contribution in [1.29, 1.82) is 0 Å². The molecule has 0 saturated carbocycles. The number of hydrogen-bond acceptors (Lipinski definition) is 2. The van der Waals surface area contributed by atoms with Crippen LogP contribution in [-0.2, 0) is 13.0 Å². The summed E-state index contributed by atoms with van der Waals surface area (Å²) >= 11 is 0. The van der Waals surface area contributed by atoms with Crippen molar-refractivity contribution in [2.45, 2.75) is 25.8 Å². The molecule has 1 aliphatic heterocycles. The number of rotatable bonds is 2. The summed E-state index contributed by atoms with van der Waals surface area (Å²) in [7, 11) is 0. The Morgan fingerprint density at radius 1 is 1.10 bits per heavy atom. The number of hydrogen-bond donors (Lipinski definition) is 1. The maximum Gasteiger partial charge on any atom is 0.125 e. The summed E-state index contributed by atoms with van der Waals surface area (Å²) in [6.45, 7) is 1.76. The van der Waals surface area contributed by atoms with Crippen molar-refractivity contribution < 1.29 is 4.39 Å². The molecule has 0 saturated heterocycles. The van der Waals surface area contributed by atoms with Gasteiger partial charge >= 0.3 is 0 Å². The van der Waals surface area contributed by atoms with Gasteiger partial charge < -0.3 is 10.6 Å². The van der Waals surface area contributed by atoms with Gasteiger partial charge in [-0.1, -0.05) is 24.3 Å². The lowest BCUT2D eigenvalue weighted by Gasteiger charge is -2.25. The summed E-state index contributed by atoms with van der Waals surface area (Å²) in [5.74, 6) is -0.275. The molecule has 0 radical (unpaired) electrons. The van der Waals surface area contributed by atoms with Crippen LogP contribution in [0.15, 0.2) is 42.5 Å². The average molecular weight is 270 g/mol. The monoisotopic (exact) mass is 270 g/mol. The minimum absolute atomic E-state index is 0.275. The first kappa shape index (κ1) is 13.0. The third kappa shape index (κ3) is 2.62. The van der Waals surface area contributed by atoms with E-state index in [4.69, 9.17) is 5.73 Å². The van der Waals surface area contributed by atoms with Gasteiger partial charge in [0.25, 0.3) is 0 Å². The van der Waals surface area contributed by atoms with Gasteiger partial charge in [-0.05, 0) is 48.6 Å². The molecule has 0 bridgehead atoms. The predicted octanol–water partition coefficient (Wildman–Crippen LogP) is 3.75. The van der Waals surface area contributed by atoms with Crippen molar-refractivity contribution in [1.82, 2.24) is 0 Å². The Morgan fingerprint density at radius 2 is 1.95 bits per heavy atom. The summed E-state index contributed by atoms with van der Waals surface area (Å²) in [6.07, 6.45) is 3.52. The van der Waals surface area contributed by atoms with Gasteiger partial charge in [0.05, 0.1) is 0 Å². The highest BCUT2D eigenvalue weighted by Gasteiger charge is 2.15. The lowest BCUT2D eigenvalue weighted by molar-refractivity contribution is 0.627. The molecule has 104 valence electrons. The quantitative estimate of drug-likeness (QED) is 0.842. The fourth-order valence-electron chi connectivity index (χ4n) is 2.85. The smallest absolute Gasteiger partial charge is 0.125 e. The normalized spacial score (nSPS) is 14.8. The molecule has 2 aromatic carbocycles. The van der Waals surface area contributed by atoms with Crippen molar-refractivity contribution in [3.8, 4) is 0 Å². The van der Waals surface area contributed by atoms with E-state index in [9.17, 15) is 4.39 Å². The first-order valence-corrected chi connectivity index (χ1v) is 7.11. The molecule has 2 N–H and O–H groups in total. The number of fused-ring (bicyclic) bond motifs is 1. The Kier molecular flexibility index (Phi) is 3.59. The number of halogens is 1. The van der Waals surface area contributed by atoms with E-state index >= 15 is 0 Å². The number of nitrogens with two attached hydrogens (primary N) is 1. The molecule has 2 aromatic rings. The highest BCUT2D eigenvalue weighted by molar-refractivity contribution is 5.57. The standard InChI is InChI=1S/C17H19FN2/c18-15-9-8-14(16(19)11-15)12-20-10-4-3-6-13-5-1-2-7-17(13)20/h1-2,5,7-9,11H,3-4,6,10,12,19H2. The summed E-state index contributed by atoms with van der Waals surface area (Å²) in [5.41, 5.74) is 10.1. The second-order valence-electron chi connectivity index (χ2n) is 5.35. The van der Waals surface area contributed by atoms with Crippen LogP contribution in [0.2, 0.25) is 0 Å². The van der Waals surface area contributed by atoms with Crippen molar-refractivity contribution in [2.75, 3.05) is 17.2 Å². The van der Waals surface area contributed by atoms with Crippen LogP contribution in [0.3, 0.4) is 0 Å². The second-order valence-corrected chi connectivity index (χ2v) is 5.35. The lowest BCUT2D eigenvalue weighted by Crippen LogP contribution is -2.24. The first-order valence-electron chi connectivity index (χ1n) is 7.11. The van der Waals surface area contributed by atoms with E-state index in [1.54, 1.807) is 6.07 Å². The molecule has 0 fully saturated rings. The maximum absolute atomic E-state index is 13.1. The van der Waals surface area contributed by atoms with Crippen molar-refractivity contribution >= 4 is 11.4 Å². The van der Waals surface area contributed by atoms with Crippen LogP contribution in [0.25, 0.3) is 0 Å². The van der Waals surface area contributed by atoms with E-state index in [1.807, 2.05) is 0 Å². The Labute approximate surface area is 119 Å². The van der Waals surface area contributed by atoms with Gasteiger partial charge in [0.2, 0.25) is 0 Å². The molecule has 0 aromatic heterocycles. The number of anilines is 2. The molecule has 1 heterocycles. The molecular weight excluding hydrogens is 251 g/mol. The van der Waals surface area contributed by atoms with Crippen LogP contribution in [0, 0.1) is 5.82 Å². The number of nitrogen functional groups attached to an aromatic ring is 1. The summed E-state index contributed by atoms with van der Waals surface area (Å²) in [4.78, 5) is 2.35. The highest BCUT2D eigenvalue weighted by atomic mass is 19.1. The van der Waals surface area contributed by atoms with Gasteiger partial charge in [0, 0.05) is 24.5 Å². The number of para-hydroxylation sites is 1. The van der Waals surface area contributed by atoms with Gasteiger partial charge in [-0.3, -0.25) is 0 Å². The molecule has 0 atom stereocenters. The minimum Gasteiger partial charge on any atom is -0.398 e. The molecule has 0 amide bonds. The molecule has 2 nitrogen and oxygen atoms in total. The van der Waals surface area contributed by atoms with Crippen LogP contribution in [0.1, 0.15) is 24.0 Å². The number of nitrogens with zero attached hydrogens (tertiary/aromatic N) is 1. The second kappa shape index (κ2) is 5.53. The Hall–Kier alpha value is -2.03. The Balaban J connectivity index is 1.90. The minimum atomic E-state index is -0.275. The Bertz CT molecular complexity index is 610. The third-order valence-electron chi connectivity index (χ3n) is 3.93. The molecule has 3 heteroatoms. The summed E-state index contributed by atoms with van der Waals surface area (Å²) in [6, 6.07) is 13.2. The van der Waals surface area contributed by atoms with Crippen LogP contribution in [-0.4, -0.2) is 6.54 Å². The molecule has 3 rings (SSSR count). The van der Waals surface area contributed by atoms with E-state index in [0.717, 1.165) is 25.1 Å². The summed E-state index contributed by atoms with van der Waals surface area (Å²) in [5, 5.41) is 0. The largest absolute Gasteiger partial charge is 0.398 e. The highest BCUT2D eigenvalue weighted by Crippen LogP contribution is 2.28. The maximum atomic E-state index is 13.1. The van der Waals surface area contributed by atoms with Gasteiger partial charge in [0.15, 0.2) is 0 Å². The zero-order chi connectivity index (χ0) is 13.9. The molecular formula is C17H19FN2.